The molecule has 288 valence electrons. The lowest BCUT2D eigenvalue weighted by molar-refractivity contribution is -0.122. The van der Waals surface area contributed by atoms with E-state index in [1.54, 1.807) is 0 Å². The van der Waals surface area contributed by atoms with Crippen LogP contribution < -0.4 is 10.6 Å². The SMILES string of the molecule is C=C1CCCC[C@@H]1NC(=O)CCCCC1CC(CCCCCCCC)C(CCCCCCCC)CC1CCCCC(=O)N[C@@H]1CCCCC1=C. The van der Waals surface area contributed by atoms with Gasteiger partial charge in [-0.3, -0.25) is 9.59 Å². The van der Waals surface area contributed by atoms with Crippen LogP contribution in [0, 0.1) is 23.7 Å². The Bertz CT molecular complexity index is 882. The van der Waals surface area contributed by atoms with E-state index in [1.807, 2.05) is 0 Å². The van der Waals surface area contributed by atoms with Crippen molar-refractivity contribution in [1.82, 2.24) is 10.6 Å². The molecule has 4 nitrogen and oxygen atoms in total. The van der Waals surface area contributed by atoms with Crippen molar-refractivity contribution >= 4 is 11.8 Å². The zero-order chi connectivity index (χ0) is 35.8. The lowest BCUT2D eigenvalue weighted by atomic mass is 9.63. The number of rotatable bonds is 26. The summed E-state index contributed by atoms with van der Waals surface area (Å²) < 4.78 is 0. The van der Waals surface area contributed by atoms with Crippen LogP contribution in [0.5, 0.6) is 0 Å². The molecule has 2 N–H and O–H groups in total. The first-order valence-corrected chi connectivity index (χ1v) is 22.3. The third-order valence-corrected chi connectivity index (χ3v) is 13.0. The number of nitrogens with one attached hydrogen (secondary N) is 2. The summed E-state index contributed by atoms with van der Waals surface area (Å²) in [5.41, 5.74) is 2.44. The molecule has 0 aromatic heterocycles. The molecule has 0 spiro atoms. The fraction of sp³-hybridized carbons (Fsp3) is 0.870. The highest BCUT2D eigenvalue weighted by atomic mass is 16.2. The molecular weight excluding hydrogens is 613 g/mol. The zero-order valence-electron chi connectivity index (χ0n) is 33.3. The summed E-state index contributed by atoms with van der Waals surface area (Å²) in [5.74, 6) is 3.78. The number of unbranched alkanes of at least 4 members (excludes halogenated alkanes) is 12. The summed E-state index contributed by atoms with van der Waals surface area (Å²) in [6.45, 7) is 13.1. The minimum absolute atomic E-state index is 0.203. The van der Waals surface area contributed by atoms with Crippen LogP contribution in [0.1, 0.15) is 219 Å². The van der Waals surface area contributed by atoms with Crippen LogP contribution in [0.25, 0.3) is 0 Å². The third kappa shape index (κ3) is 17.3. The minimum Gasteiger partial charge on any atom is -0.350 e. The standard InChI is InChI=1S/C46H82N2O2/c1-5-7-9-11-13-15-27-39-35-41(29-19-23-33-45(49)47-43-31-21-17-25-37(43)3)42(36-40(39)28-16-14-12-10-8-6-2)30-20-24-34-46(50)48-44-32-22-18-26-38(44)4/h39-44H,3-36H2,1-2H3,(H,47,49)(H,48,50)/t39?,40?,41?,42?,43-,44+. The normalized spacial score (nSPS) is 25.8. The summed E-state index contributed by atoms with van der Waals surface area (Å²) >= 11 is 0. The summed E-state index contributed by atoms with van der Waals surface area (Å²) in [7, 11) is 0. The van der Waals surface area contributed by atoms with Gasteiger partial charge in [0, 0.05) is 24.9 Å². The van der Waals surface area contributed by atoms with Gasteiger partial charge in [-0.15, -0.1) is 0 Å². The molecule has 3 aliphatic rings. The van der Waals surface area contributed by atoms with Crippen LogP contribution in [0.4, 0.5) is 0 Å². The molecule has 0 bridgehead atoms. The van der Waals surface area contributed by atoms with Crippen molar-refractivity contribution in [2.45, 2.75) is 231 Å². The molecule has 0 radical (unpaired) electrons. The largest absolute Gasteiger partial charge is 0.350 e. The summed E-state index contributed by atoms with van der Waals surface area (Å²) in [6, 6.07) is 0.405. The maximum Gasteiger partial charge on any atom is 0.220 e. The Morgan fingerprint density at radius 3 is 1.20 bits per heavy atom. The van der Waals surface area contributed by atoms with Crippen LogP contribution >= 0.6 is 0 Å². The number of carbonyl (C=O) groups excluding carboxylic acids is 2. The molecule has 0 heterocycles. The van der Waals surface area contributed by atoms with Gasteiger partial charge in [0.05, 0.1) is 0 Å². The van der Waals surface area contributed by atoms with E-state index in [0.717, 1.165) is 62.2 Å². The predicted octanol–water partition coefficient (Wildman–Crippen LogP) is 13.1. The first kappa shape index (κ1) is 42.8. The average Bonchev–Trinajstić information content (AvgIpc) is 3.11. The van der Waals surface area contributed by atoms with E-state index in [0.29, 0.717) is 12.8 Å². The van der Waals surface area contributed by atoms with Gasteiger partial charge < -0.3 is 10.6 Å². The summed E-state index contributed by atoms with van der Waals surface area (Å²) in [5, 5.41) is 6.60. The fourth-order valence-corrected chi connectivity index (χ4v) is 9.76. The number of hydrogen-bond acceptors (Lipinski definition) is 2. The zero-order valence-corrected chi connectivity index (χ0v) is 33.3. The Kier molecular flexibility index (Phi) is 22.5. The second-order valence-corrected chi connectivity index (χ2v) is 17.2. The van der Waals surface area contributed by atoms with Gasteiger partial charge in [-0.05, 0) is 87.9 Å². The summed E-state index contributed by atoms with van der Waals surface area (Å²) in [6.07, 6.45) is 39.6. The highest BCUT2D eigenvalue weighted by Gasteiger charge is 2.36. The first-order chi connectivity index (χ1) is 24.4. The lowest BCUT2D eigenvalue weighted by Gasteiger charge is -2.42. The Balaban J connectivity index is 1.54. The van der Waals surface area contributed by atoms with Crippen molar-refractivity contribution < 1.29 is 9.59 Å². The van der Waals surface area contributed by atoms with Gasteiger partial charge in [0.1, 0.15) is 0 Å². The molecule has 3 aliphatic carbocycles. The predicted molar refractivity (Wildman–Crippen MR) is 215 cm³/mol. The van der Waals surface area contributed by atoms with E-state index in [-0.39, 0.29) is 23.9 Å². The fourth-order valence-electron chi connectivity index (χ4n) is 9.76. The monoisotopic (exact) mass is 695 g/mol. The van der Waals surface area contributed by atoms with Crippen LogP contribution in [0.3, 0.4) is 0 Å². The molecule has 6 atom stereocenters. The molecule has 2 amide bonds. The molecule has 3 rings (SSSR count). The molecule has 4 unspecified atom stereocenters. The Labute approximate surface area is 310 Å². The maximum atomic E-state index is 12.8. The van der Waals surface area contributed by atoms with Gasteiger partial charge in [0.15, 0.2) is 0 Å². The van der Waals surface area contributed by atoms with Crippen molar-refractivity contribution in [2.24, 2.45) is 23.7 Å². The van der Waals surface area contributed by atoms with Gasteiger partial charge in [0.25, 0.3) is 0 Å². The Morgan fingerprint density at radius 2 is 0.840 bits per heavy atom. The molecule has 0 aliphatic heterocycles. The molecular formula is C46H82N2O2. The first-order valence-electron chi connectivity index (χ1n) is 22.3. The van der Waals surface area contributed by atoms with Crippen molar-refractivity contribution in [3.05, 3.63) is 24.3 Å². The van der Waals surface area contributed by atoms with E-state index in [2.05, 4.69) is 37.6 Å². The van der Waals surface area contributed by atoms with Crippen LogP contribution in [-0.2, 0) is 9.59 Å². The molecule has 3 saturated carbocycles. The van der Waals surface area contributed by atoms with Gasteiger partial charge in [-0.2, -0.15) is 0 Å². The second-order valence-electron chi connectivity index (χ2n) is 17.2. The number of carbonyl (C=O) groups is 2. The van der Waals surface area contributed by atoms with Gasteiger partial charge >= 0.3 is 0 Å². The minimum atomic E-state index is 0.203. The molecule has 0 aromatic carbocycles. The molecule has 0 saturated heterocycles. The Hall–Kier alpha value is -1.58. The quantitative estimate of drug-likeness (QED) is 0.0699. The maximum absolute atomic E-state index is 12.8. The summed E-state index contributed by atoms with van der Waals surface area (Å²) in [4.78, 5) is 25.7. The smallest absolute Gasteiger partial charge is 0.220 e. The lowest BCUT2D eigenvalue weighted by Crippen LogP contribution is -2.37. The van der Waals surface area contributed by atoms with Gasteiger partial charge in [-0.25, -0.2) is 0 Å². The van der Waals surface area contributed by atoms with E-state index in [1.165, 1.54) is 165 Å². The van der Waals surface area contributed by atoms with Crippen molar-refractivity contribution in [3.63, 3.8) is 0 Å². The molecule has 0 aromatic rings. The van der Waals surface area contributed by atoms with Crippen molar-refractivity contribution in [3.8, 4) is 0 Å². The van der Waals surface area contributed by atoms with Crippen LogP contribution in [-0.4, -0.2) is 23.9 Å². The van der Waals surface area contributed by atoms with Crippen molar-refractivity contribution in [2.75, 3.05) is 0 Å². The number of hydrogen-bond donors (Lipinski definition) is 2. The topological polar surface area (TPSA) is 58.2 Å². The van der Waals surface area contributed by atoms with Crippen LogP contribution in [0.15, 0.2) is 24.3 Å². The third-order valence-electron chi connectivity index (χ3n) is 13.0. The molecule has 4 heteroatoms. The van der Waals surface area contributed by atoms with E-state index in [9.17, 15) is 9.59 Å². The van der Waals surface area contributed by atoms with E-state index in [4.69, 9.17) is 0 Å². The van der Waals surface area contributed by atoms with Crippen LogP contribution in [0.2, 0.25) is 0 Å². The van der Waals surface area contributed by atoms with Gasteiger partial charge in [0.2, 0.25) is 11.8 Å². The molecule has 3 fully saturated rings. The second kappa shape index (κ2) is 26.2. The average molecular weight is 695 g/mol. The van der Waals surface area contributed by atoms with E-state index >= 15 is 0 Å². The highest BCUT2D eigenvalue weighted by Crippen LogP contribution is 2.46. The van der Waals surface area contributed by atoms with Crippen molar-refractivity contribution in [1.29, 1.82) is 0 Å². The number of amides is 2. The molecule has 50 heavy (non-hydrogen) atoms. The van der Waals surface area contributed by atoms with Gasteiger partial charge in [-0.1, -0.05) is 167 Å². The highest BCUT2D eigenvalue weighted by molar-refractivity contribution is 5.77. The Morgan fingerprint density at radius 1 is 0.500 bits per heavy atom. The van der Waals surface area contributed by atoms with E-state index < -0.39 is 0 Å².